The van der Waals surface area contributed by atoms with Gasteiger partial charge in [-0.25, -0.2) is 12.7 Å². The molecule has 2 aliphatic rings. The summed E-state index contributed by atoms with van der Waals surface area (Å²) in [5, 5.41) is 0. The Labute approximate surface area is 152 Å². The number of sulfonamides is 1. The van der Waals surface area contributed by atoms with E-state index in [1.807, 2.05) is 24.3 Å². The van der Waals surface area contributed by atoms with Gasteiger partial charge in [0.1, 0.15) is 0 Å². The van der Waals surface area contributed by atoms with Gasteiger partial charge in [0.25, 0.3) is 5.91 Å². The molecule has 1 saturated heterocycles. The molecule has 0 bridgehead atoms. The number of hydrogen-bond donors (Lipinski definition) is 0. The van der Waals surface area contributed by atoms with Crippen molar-refractivity contribution in [2.24, 2.45) is 5.92 Å². The molecular weight excluding hydrogens is 352 g/mol. The number of carbonyl (C=O) groups is 2. The number of para-hydroxylation sites is 1. The van der Waals surface area contributed by atoms with Gasteiger partial charge in [0.2, 0.25) is 15.9 Å². The number of benzene rings is 2. The standard InChI is InChI=1S/C19H18N2O4S/c1-13-12-26(24,25)21(18(13)22)16-8-6-15(7-9-16)19(23)20-11-10-14-4-2-3-5-17(14)20/h2-9,13H,10-12H2,1H3/t13-/m0/s1. The minimum absolute atomic E-state index is 0.134. The van der Waals surface area contributed by atoms with E-state index in [0.717, 1.165) is 22.0 Å². The van der Waals surface area contributed by atoms with Crippen molar-refractivity contribution in [3.8, 4) is 0 Å². The first-order valence-corrected chi connectivity index (χ1v) is 10.1. The molecule has 2 aliphatic heterocycles. The molecule has 7 heteroatoms. The summed E-state index contributed by atoms with van der Waals surface area (Å²) in [6.07, 6.45) is 0.818. The molecule has 0 saturated carbocycles. The second-order valence-corrected chi connectivity index (χ2v) is 8.53. The summed E-state index contributed by atoms with van der Waals surface area (Å²) < 4.78 is 25.2. The number of carbonyl (C=O) groups excluding carboxylic acids is 2. The van der Waals surface area contributed by atoms with Crippen molar-refractivity contribution in [2.75, 3.05) is 21.5 Å². The molecule has 2 aromatic carbocycles. The molecule has 0 aromatic heterocycles. The van der Waals surface area contributed by atoms with Crippen molar-refractivity contribution in [1.29, 1.82) is 0 Å². The molecule has 0 spiro atoms. The average molecular weight is 370 g/mol. The Bertz CT molecular complexity index is 998. The van der Waals surface area contributed by atoms with Gasteiger partial charge in [-0.05, 0) is 42.3 Å². The van der Waals surface area contributed by atoms with Crippen LogP contribution >= 0.6 is 0 Å². The Balaban J connectivity index is 1.61. The van der Waals surface area contributed by atoms with Gasteiger partial charge in [0.05, 0.1) is 17.4 Å². The monoisotopic (exact) mass is 370 g/mol. The van der Waals surface area contributed by atoms with E-state index in [0.29, 0.717) is 12.1 Å². The first-order chi connectivity index (χ1) is 12.4. The predicted molar refractivity (Wildman–Crippen MR) is 98.7 cm³/mol. The van der Waals surface area contributed by atoms with Crippen molar-refractivity contribution >= 4 is 33.2 Å². The predicted octanol–water partition coefficient (Wildman–Crippen LogP) is 2.20. The van der Waals surface area contributed by atoms with Crippen molar-refractivity contribution < 1.29 is 18.0 Å². The quantitative estimate of drug-likeness (QED) is 0.812. The Morgan fingerprint density at radius 2 is 1.77 bits per heavy atom. The zero-order valence-corrected chi connectivity index (χ0v) is 15.1. The lowest BCUT2D eigenvalue weighted by Crippen LogP contribution is -2.31. The maximum atomic E-state index is 12.8. The minimum atomic E-state index is -3.64. The lowest BCUT2D eigenvalue weighted by molar-refractivity contribution is -0.119. The van der Waals surface area contributed by atoms with Gasteiger partial charge in [-0.1, -0.05) is 25.1 Å². The first kappa shape index (κ1) is 16.8. The van der Waals surface area contributed by atoms with Gasteiger partial charge >= 0.3 is 0 Å². The fourth-order valence-corrected chi connectivity index (χ4v) is 5.35. The second-order valence-electron chi connectivity index (χ2n) is 6.66. The van der Waals surface area contributed by atoms with Crippen LogP contribution in [0, 0.1) is 5.92 Å². The second kappa shape index (κ2) is 5.95. The van der Waals surface area contributed by atoms with Crippen LogP contribution in [-0.2, 0) is 21.2 Å². The zero-order chi connectivity index (χ0) is 18.5. The third kappa shape index (κ3) is 2.59. The van der Waals surface area contributed by atoms with Crippen molar-refractivity contribution in [2.45, 2.75) is 13.3 Å². The summed E-state index contributed by atoms with van der Waals surface area (Å²) in [6, 6.07) is 14.0. The van der Waals surface area contributed by atoms with Crippen LogP contribution in [0.25, 0.3) is 0 Å². The highest BCUT2D eigenvalue weighted by atomic mass is 32.2. The largest absolute Gasteiger partial charge is 0.308 e. The minimum Gasteiger partial charge on any atom is -0.308 e. The van der Waals surface area contributed by atoms with Gasteiger partial charge in [-0.2, -0.15) is 0 Å². The molecule has 1 fully saturated rings. The van der Waals surface area contributed by atoms with Crippen LogP contribution in [0.15, 0.2) is 48.5 Å². The topological polar surface area (TPSA) is 74.8 Å². The van der Waals surface area contributed by atoms with E-state index in [9.17, 15) is 18.0 Å². The normalized spacial score (nSPS) is 21.1. The molecule has 6 nitrogen and oxygen atoms in total. The Kier molecular flexibility index (Phi) is 3.84. The van der Waals surface area contributed by atoms with Gasteiger partial charge in [0, 0.05) is 17.8 Å². The number of nitrogens with zero attached hydrogens (tertiary/aromatic N) is 2. The fourth-order valence-electron chi connectivity index (χ4n) is 3.53. The lowest BCUT2D eigenvalue weighted by atomic mass is 10.1. The summed E-state index contributed by atoms with van der Waals surface area (Å²) in [5.41, 5.74) is 2.79. The smallest absolute Gasteiger partial charge is 0.258 e. The van der Waals surface area contributed by atoms with Crippen LogP contribution in [0.3, 0.4) is 0 Å². The van der Waals surface area contributed by atoms with E-state index in [1.54, 1.807) is 24.0 Å². The van der Waals surface area contributed by atoms with Gasteiger partial charge in [-0.15, -0.1) is 0 Å². The van der Waals surface area contributed by atoms with Crippen LogP contribution < -0.4 is 9.21 Å². The molecule has 2 heterocycles. The molecule has 1 atom stereocenters. The Morgan fingerprint density at radius 3 is 2.42 bits per heavy atom. The molecule has 0 unspecified atom stereocenters. The van der Waals surface area contributed by atoms with E-state index in [1.165, 1.54) is 12.1 Å². The van der Waals surface area contributed by atoms with Gasteiger partial charge in [-0.3, -0.25) is 9.59 Å². The summed E-state index contributed by atoms with van der Waals surface area (Å²) in [5.74, 6) is -1.30. The fraction of sp³-hybridized carbons (Fsp3) is 0.263. The van der Waals surface area contributed by atoms with Crippen LogP contribution in [0.2, 0.25) is 0 Å². The molecule has 134 valence electrons. The molecule has 0 radical (unpaired) electrons. The van der Waals surface area contributed by atoms with Crippen molar-refractivity contribution in [3.63, 3.8) is 0 Å². The third-order valence-electron chi connectivity index (χ3n) is 4.84. The van der Waals surface area contributed by atoms with Crippen molar-refractivity contribution in [3.05, 3.63) is 59.7 Å². The molecule has 0 N–H and O–H groups in total. The maximum Gasteiger partial charge on any atom is 0.258 e. The SMILES string of the molecule is C[C@H]1CS(=O)(=O)N(c2ccc(C(=O)N3CCc4ccccc43)cc2)C1=O. The molecular formula is C19H18N2O4S. The number of amides is 2. The van der Waals surface area contributed by atoms with Crippen LogP contribution in [0.5, 0.6) is 0 Å². The van der Waals surface area contributed by atoms with Crippen LogP contribution in [-0.4, -0.2) is 32.5 Å². The van der Waals surface area contributed by atoms with Gasteiger partial charge < -0.3 is 4.90 Å². The zero-order valence-electron chi connectivity index (χ0n) is 14.3. The molecule has 26 heavy (non-hydrogen) atoms. The van der Waals surface area contributed by atoms with E-state index in [2.05, 4.69) is 0 Å². The number of rotatable bonds is 2. The number of fused-ring (bicyclic) bond motifs is 1. The van der Waals surface area contributed by atoms with Crippen molar-refractivity contribution in [1.82, 2.24) is 0 Å². The van der Waals surface area contributed by atoms with Crippen LogP contribution in [0.1, 0.15) is 22.8 Å². The van der Waals surface area contributed by atoms with Gasteiger partial charge in [0.15, 0.2) is 0 Å². The Morgan fingerprint density at radius 1 is 1.08 bits per heavy atom. The van der Waals surface area contributed by atoms with E-state index < -0.39 is 21.8 Å². The summed E-state index contributed by atoms with van der Waals surface area (Å²) in [6.45, 7) is 2.22. The lowest BCUT2D eigenvalue weighted by Gasteiger charge is -2.19. The first-order valence-electron chi connectivity index (χ1n) is 8.45. The van der Waals surface area contributed by atoms with Crippen LogP contribution in [0.4, 0.5) is 11.4 Å². The summed E-state index contributed by atoms with van der Waals surface area (Å²) in [7, 11) is -3.64. The molecule has 2 aromatic rings. The number of anilines is 2. The molecule has 2 amide bonds. The summed E-state index contributed by atoms with van der Waals surface area (Å²) in [4.78, 5) is 26.7. The highest BCUT2D eigenvalue weighted by Gasteiger charge is 2.42. The van der Waals surface area contributed by atoms with E-state index in [4.69, 9.17) is 0 Å². The number of hydrogen-bond acceptors (Lipinski definition) is 4. The van der Waals surface area contributed by atoms with E-state index in [-0.39, 0.29) is 17.3 Å². The molecule has 4 rings (SSSR count). The molecule has 0 aliphatic carbocycles. The summed E-state index contributed by atoms with van der Waals surface area (Å²) >= 11 is 0. The highest BCUT2D eigenvalue weighted by molar-refractivity contribution is 7.94. The Hall–Kier alpha value is -2.67. The van der Waals surface area contributed by atoms with E-state index >= 15 is 0 Å². The third-order valence-corrected chi connectivity index (χ3v) is 6.71. The maximum absolute atomic E-state index is 12.8. The average Bonchev–Trinajstić information content (AvgIpc) is 3.13. The highest BCUT2D eigenvalue weighted by Crippen LogP contribution is 2.31.